The Kier molecular flexibility index (Phi) is 5.48. The smallest absolute Gasteiger partial charge is 0.119 e. The summed E-state index contributed by atoms with van der Waals surface area (Å²) in [6.45, 7) is 5.78. The lowest BCUT2D eigenvalue weighted by Crippen LogP contribution is -2.00. The van der Waals surface area contributed by atoms with Crippen molar-refractivity contribution in [3.05, 3.63) is 58.1 Å². The molecule has 0 aliphatic heterocycles. The van der Waals surface area contributed by atoms with Crippen LogP contribution in [0.2, 0.25) is 0 Å². The number of benzene rings is 2. The van der Waals surface area contributed by atoms with Crippen LogP contribution in [0.5, 0.6) is 5.75 Å². The lowest BCUT2D eigenvalue weighted by atomic mass is 10.2. The Labute approximate surface area is 129 Å². The topological polar surface area (TPSA) is 21.3 Å². The molecule has 2 aromatic rings. The molecule has 0 aliphatic rings. The highest BCUT2D eigenvalue weighted by molar-refractivity contribution is 9.10. The first-order chi connectivity index (χ1) is 9.69. The molecule has 0 bridgehead atoms. The molecule has 1 N–H and O–H groups in total. The lowest BCUT2D eigenvalue weighted by molar-refractivity contribution is 0.317. The van der Waals surface area contributed by atoms with Gasteiger partial charge in [0.1, 0.15) is 5.75 Å². The van der Waals surface area contributed by atoms with Gasteiger partial charge in [-0.1, -0.05) is 41.1 Å². The van der Waals surface area contributed by atoms with Crippen LogP contribution in [0.4, 0.5) is 5.69 Å². The summed E-state index contributed by atoms with van der Waals surface area (Å²) in [5, 5.41) is 3.42. The molecular formula is C17H20BrNO. The second-order valence-electron chi connectivity index (χ2n) is 4.81. The monoisotopic (exact) mass is 333 g/mol. The van der Waals surface area contributed by atoms with Gasteiger partial charge in [0.2, 0.25) is 0 Å². The Hall–Kier alpha value is -1.48. The van der Waals surface area contributed by atoms with Gasteiger partial charge in [-0.3, -0.25) is 0 Å². The van der Waals surface area contributed by atoms with Gasteiger partial charge >= 0.3 is 0 Å². The van der Waals surface area contributed by atoms with Crippen LogP contribution in [0, 0.1) is 6.92 Å². The predicted octanol–water partition coefficient (Wildman–Crippen LogP) is 5.16. The Morgan fingerprint density at radius 1 is 1.10 bits per heavy atom. The normalized spacial score (nSPS) is 10.3. The first-order valence-corrected chi connectivity index (χ1v) is 7.70. The third-order valence-electron chi connectivity index (χ3n) is 3.06. The predicted molar refractivity (Wildman–Crippen MR) is 88.4 cm³/mol. The van der Waals surface area contributed by atoms with E-state index in [0.717, 1.165) is 35.5 Å². The molecule has 106 valence electrons. The third-order valence-corrected chi connectivity index (χ3v) is 3.92. The maximum absolute atomic E-state index is 5.58. The van der Waals surface area contributed by atoms with E-state index >= 15 is 0 Å². The van der Waals surface area contributed by atoms with Gasteiger partial charge in [-0.25, -0.2) is 0 Å². The first kappa shape index (κ1) is 14.9. The SMILES string of the molecule is CCCOc1ccc(CNc2ccc(C)c(Br)c2)cc1. The molecule has 0 amide bonds. The zero-order chi connectivity index (χ0) is 14.4. The highest BCUT2D eigenvalue weighted by Crippen LogP contribution is 2.21. The van der Waals surface area contributed by atoms with Crippen molar-refractivity contribution in [1.82, 2.24) is 0 Å². The maximum atomic E-state index is 5.58. The van der Waals surface area contributed by atoms with Crippen LogP contribution in [-0.4, -0.2) is 6.61 Å². The minimum atomic E-state index is 0.773. The van der Waals surface area contributed by atoms with Crippen LogP contribution in [0.25, 0.3) is 0 Å². The van der Waals surface area contributed by atoms with E-state index in [4.69, 9.17) is 4.74 Å². The van der Waals surface area contributed by atoms with Gasteiger partial charge in [-0.15, -0.1) is 0 Å². The molecule has 3 heteroatoms. The first-order valence-electron chi connectivity index (χ1n) is 6.91. The van der Waals surface area contributed by atoms with E-state index in [-0.39, 0.29) is 0 Å². The lowest BCUT2D eigenvalue weighted by Gasteiger charge is -2.09. The number of anilines is 1. The van der Waals surface area contributed by atoms with E-state index in [1.54, 1.807) is 0 Å². The Morgan fingerprint density at radius 3 is 2.50 bits per heavy atom. The molecule has 2 rings (SSSR count). The molecule has 2 aromatic carbocycles. The van der Waals surface area contributed by atoms with Crippen LogP contribution in [0.3, 0.4) is 0 Å². The summed E-state index contributed by atoms with van der Waals surface area (Å²) >= 11 is 3.55. The molecule has 0 fully saturated rings. The van der Waals surface area contributed by atoms with Crippen molar-refractivity contribution >= 4 is 21.6 Å². The third kappa shape index (κ3) is 4.27. The summed E-state index contributed by atoms with van der Waals surface area (Å²) in [4.78, 5) is 0. The molecule has 2 nitrogen and oxygen atoms in total. The average molecular weight is 334 g/mol. The van der Waals surface area contributed by atoms with Gasteiger partial charge < -0.3 is 10.1 Å². The molecule has 20 heavy (non-hydrogen) atoms. The van der Waals surface area contributed by atoms with Crippen LogP contribution in [0.15, 0.2) is 46.9 Å². The van der Waals surface area contributed by atoms with Crippen LogP contribution in [0.1, 0.15) is 24.5 Å². The van der Waals surface area contributed by atoms with Gasteiger partial charge in [0.25, 0.3) is 0 Å². The standard InChI is InChI=1S/C17H20BrNO/c1-3-10-20-16-8-5-14(6-9-16)12-19-15-7-4-13(2)17(18)11-15/h4-9,11,19H,3,10,12H2,1-2H3. The van der Waals surface area contributed by atoms with Gasteiger partial charge in [-0.2, -0.15) is 0 Å². The van der Waals surface area contributed by atoms with Crippen molar-refractivity contribution < 1.29 is 4.74 Å². The quantitative estimate of drug-likeness (QED) is 0.788. The fourth-order valence-corrected chi connectivity index (χ4v) is 2.21. The maximum Gasteiger partial charge on any atom is 0.119 e. The molecule has 0 aliphatic carbocycles. The van der Waals surface area contributed by atoms with Crippen molar-refractivity contribution in [2.24, 2.45) is 0 Å². The molecule has 0 heterocycles. The zero-order valence-corrected chi connectivity index (χ0v) is 13.5. The number of rotatable bonds is 6. The highest BCUT2D eigenvalue weighted by atomic mass is 79.9. The van der Waals surface area contributed by atoms with E-state index in [1.807, 2.05) is 12.1 Å². The van der Waals surface area contributed by atoms with Gasteiger partial charge in [0, 0.05) is 16.7 Å². The summed E-state index contributed by atoms with van der Waals surface area (Å²) in [6, 6.07) is 14.6. The number of aryl methyl sites for hydroxylation is 1. The summed E-state index contributed by atoms with van der Waals surface area (Å²) in [7, 11) is 0. The molecule has 0 spiro atoms. The highest BCUT2D eigenvalue weighted by Gasteiger charge is 1.99. The van der Waals surface area contributed by atoms with Crippen LogP contribution >= 0.6 is 15.9 Å². The van der Waals surface area contributed by atoms with Gasteiger partial charge in [-0.05, 0) is 48.7 Å². The molecule has 0 radical (unpaired) electrons. The number of hydrogen-bond acceptors (Lipinski definition) is 2. The minimum Gasteiger partial charge on any atom is -0.494 e. The van der Waals surface area contributed by atoms with E-state index in [9.17, 15) is 0 Å². The molecule has 0 aromatic heterocycles. The largest absolute Gasteiger partial charge is 0.494 e. The van der Waals surface area contributed by atoms with E-state index in [2.05, 4.69) is 65.4 Å². The Bertz CT molecular complexity index is 551. The summed E-state index contributed by atoms with van der Waals surface area (Å²) in [5.74, 6) is 0.939. The Morgan fingerprint density at radius 2 is 1.85 bits per heavy atom. The van der Waals surface area contributed by atoms with Crippen LogP contribution in [-0.2, 0) is 6.54 Å². The zero-order valence-electron chi connectivity index (χ0n) is 11.9. The molecule has 0 atom stereocenters. The van der Waals surface area contributed by atoms with Crippen molar-refractivity contribution in [2.75, 3.05) is 11.9 Å². The van der Waals surface area contributed by atoms with Crippen LogP contribution < -0.4 is 10.1 Å². The summed E-state index contributed by atoms with van der Waals surface area (Å²) in [6.07, 6.45) is 1.03. The second-order valence-corrected chi connectivity index (χ2v) is 5.66. The number of halogens is 1. The fourth-order valence-electron chi connectivity index (χ4n) is 1.83. The molecule has 0 unspecified atom stereocenters. The number of nitrogens with one attached hydrogen (secondary N) is 1. The number of ether oxygens (including phenoxy) is 1. The minimum absolute atomic E-state index is 0.773. The van der Waals surface area contributed by atoms with Crippen molar-refractivity contribution in [2.45, 2.75) is 26.8 Å². The van der Waals surface area contributed by atoms with Crippen molar-refractivity contribution in [1.29, 1.82) is 0 Å². The van der Waals surface area contributed by atoms with Crippen molar-refractivity contribution in [3.8, 4) is 5.75 Å². The molecular weight excluding hydrogens is 314 g/mol. The summed E-state index contributed by atoms with van der Waals surface area (Å²) < 4.78 is 6.71. The molecule has 0 saturated carbocycles. The van der Waals surface area contributed by atoms with E-state index < -0.39 is 0 Å². The van der Waals surface area contributed by atoms with E-state index in [1.165, 1.54) is 11.1 Å². The molecule has 0 saturated heterocycles. The van der Waals surface area contributed by atoms with Gasteiger partial charge in [0.05, 0.1) is 6.61 Å². The fraction of sp³-hybridized carbons (Fsp3) is 0.294. The summed E-state index contributed by atoms with van der Waals surface area (Å²) in [5.41, 5.74) is 3.60. The van der Waals surface area contributed by atoms with E-state index in [0.29, 0.717) is 0 Å². The second kappa shape index (κ2) is 7.34. The average Bonchev–Trinajstić information content (AvgIpc) is 2.47. The number of hydrogen-bond donors (Lipinski definition) is 1. The van der Waals surface area contributed by atoms with Gasteiger partial charge in [0.15, 0.2) is 0 Å². The Balaban J connectivity index is 1.91. The van der Waals surface area contributed by atoms with Crippen molar-refractivity contribution in [3.63, 3.8) is 0 Å².